The molecule has 2 heterocycles. The number of hydrogen-bond donors (Lipinski definition) is 1. The predicted octanol–water partition coefficient (Wildman–Crippen LogP) is 3.01. The van der Waals surface area contributed by atoms with Crippen LogP contribution in [0.5, 0.6) is 0 Å². The highest BCUT2D eigenvalue weighted by atomic mass is 19.1. The van der Waals surface area contributed by atoms with Gasteiger partial charge in [-0.25, -0.2) is 4.39 Å². The fourth-order valence-corrected chi connectivity index (χ4v) is 2.93. The molecule has 5 nitrogen and oxygen atoms in total. The van der Waals surface area contributed by atoms with Crippen molar-refractivity contribution in [2.75, 3.05) is 42.9 Å². The Labute approximate surface area is 147 Å². The normalized spacial score (nSPS) is 14.5. The highest BCUT2D eigenvalue weighted by Crippen LogP contribution is 2.18. The van der Waals surface area contributed by atoms with Crippen molar-refractivity contribution >= 4 is 17.3 Å². The van der Waals surface area contributed by atoms with Crippen molar-refractivity contribution in [1.29, 1.82) is 0 Å². The van der Waals surface area contributed by atoms with Gasteiger partial charge >= 0.3 is 0 Å². The van der Waals surface area contributed by atoms with E-state index in [1.54, 1.807) is 24.5 Å². The third-order valence-corrected chi connectivity index (χ3v) is 4.32. The lowest BCUT2D eigenvalue weighted by Crippen LogP contribution is -2.48. The van der Waals surface area contributed by atoms with Crippen molar-refractivity contribution in [3.05, 3.63) is 54.1 Å². The number of pyridine rings is 1. The van der Waals surface area contributed by atoms with Gasteiger partial charge in [0.1, 0.15) is 5.82 Å². The van der Waals surface area contributed by atoms with Gasteiger partial charge in [0.2, 0.25) is 0 Å². The number of carbonyl (C=O) groups excluding carboxylic acids is 1. The zero-order chi connectivity index (χ0) is 17.6. The Balaban J connectivity index is 1.60. The summed E-state index contributed by atoms with van der Waals surface area (Å²) in [7, 11) is 0. The number of rotatable bonds is 5. The molecule has 1 N–H and O–H groups in total. The lowest BCUT2D eigenvalue weighted by molar-refractivity contribution is 0.0746. The van der Waals surface area contributed by atoms with Gasteiger partial charge in [-0.3, -0.25) is 9.78 Å². The van der Waals surface area contributed by atoms with E-state index in [4.69, 9.17) is 0 Å². The van der Waals surface area contributed by atoms with Crippen LogP contribution in [0.15, 0.2) is 42.7 Å². The largest absolute Gasteiger partial charge is 0.384 e. The molecule has 0 atom stereocenters. The van der Waals surface area contributed by atoms with Crippen LogP contribution in [0.3, 0.4) is 0 Å². The number of hydrogen-bond acceptors (Lipinski definition) is 4. The quantitative estimate of drug-likeness (QED) is 0.907. The first-order chi connectivity index (χ1) is 12.2. The smallest absolute Gasteiger partial charge is 0.255 e. The molecule has 2 aromatic rings. The standard InChI is InChI=1S/C19H23FN4O/c1-2-7-22-17-12-15(13-21-14-17)19(25)24-10-8-23(9-11-24)18-5-3-16(20)4-6-18/h3-6,12-14,22H,2,7-11H2,1H3. The number of aromatic nitrogens is 1. The van der Waals surface area contributed by atoms with Crippen LogP contribution in [0.2, 0.25) is 0 Å². The number of carbonyl (C=O) groups is 1. The summed E-state index contributed by atoms with van der Waals surface area (Å²) in [5, 5.41) is 3.25. The van der Waals surface area contributed by atoms with Crippen molar-refractivity contribution < 1.29 is 9.18 Å². The second kappa shape index (κ2) is 7.96. The second-order valence-electron chi connectivity index (χ2n) is 6.14. The van der Waals surface area contributed by atoms with E-state index in [1.165, 1.54) is 12.1 Å². The number of piperazine rings is 1. The molecule has 0 radical (unpaired) electrons. The number of anilines is 2. The summed E-state index contributed by atoms with van der Waals surface area (Å²) in [6.45, 7) is 5.70. The number of nitrogens with one attached hydrogen (secondary N) is 1. The summed E-state index contributed by atoms with van der Waals surface area (Å²) >= 11 is 0. The average Bonchev–Trinajstić information content (AvgIpc) is 2.67. The van der Waals surface area contributed by atoms with E-state index in [0.29, 0.717) is 18.7 Å². The third-order valence-electron chi connectivity index (χ3n) is 4.32. The van der Waals surface area contributed by atoms with Crippen LogP contribution in [0.25, 0.3) is 0 Å². The Kier molecular flexibility index (Phi) is 5.48. The molecule has 1 aromatic carbocycles. The summed E-state index contributed by atoms with van der Waals surface area (Å²) in [5.41, 5.74) is 2.47. The van der Waals surface area contributed by atoms with Gasteiger partial charge in [-0.2, -0.15) is 0 Å². The molecule has 0 spiro atoms. The fourth-order valence-electron chi connectivity index (χ4n) is 2.93. The van der Waals surface area contributed by atoms with Gasteiger partial charge in [0.05, 0.1) is 11.3 Å². The van der Waals surface area contributed by atoms with Gasteiger partial charge in [0, 0.05) is 50.8 Å². The molecule has 6 heteroatoms. The first kappa shape index (κ1) is 17.2. The Morgan fingerprint density at radius 2 is 1.88 bits per heavy atom. The molecule has 1 aliphatic rings. The van der Waals surface area contributed by atoms with Crippen molar-refractivity contribution in [2.24, 2.45) is 0 Å². The molecule has 1 amide bonds. The molecule has 25 heavy (non-hydrogen) atoms. The maximum Gasteiger partial charge on any atom is 0.255 e. The molecule has 0 unspecified atom stereocenters. The minimum atomic E-state index is -0.235. The molecule has 0 aliphatic carbocycles. The zero-order valence-electron chi connectivity index (χ0n) is 14.4. The summed E-state index contributed by atoms with van der Waals surface area (Å²) < 4.78 is 13.0. The van der Waals surface area contributed by atoms with E-state index in [1.807, 2.05) is 11.0 Å². The Hall–Kier alpha value is -2.63. The van der Waals surface area contributed by atoms with Crippen LogP contribution < -0.4 is 10.2 Å². The van der Waals surface area contributed by atoms with Crippen LogP contribution in [-0.4, -0.2) is 48.5 Å². The fraction of sp³-hybridized carbons (Fsp3) is 0.368. The predicted molar refractivity (Wildman–Crippen MR) is 97.5 cm³/mol. The molecule has 0 saturated carbocycles. The molecule has 1 aliphatic heterocycles. The average molecular weight is 342 g/mol. The molecule has 132 valence electrons. The monoisotopic (exact) mass is 342 g/mol. The summed E-state index contributed by atoms with van der Waals surface area (Å²) in [6, 6.07) is 8.34. The lowest BCUT2D eigenvalue weighted by Gasteiger charge is -2.36. The van der Waals surface area contributed by atoms with Crippen LogP contribution in [0.4, 0.5) is 15.8 Å². The van der Waals surface area contributed by atoms with Crippen LogP contribution in [0.1, 0.15) is 23.7 Å². The van der Waals surface area contributed by atoms with Crippen molar-refractivity contribution in [1.82, 2.24) is 9.88 Å². The Morgan fingerprint density at radius 3 is 2.56 bits per heavy atom. The van der Waals surface area contributed by atoms with Crippen LogP contribution >= 0.6 is 0 Å². The van der Waals surface area contributed by atoms with E-state index >= 15 is 0 Å². The van der Waals surface area contributed by atoms with E-state index in [9.17, 15) is 9.18 Å². The minimum absolute atomic E-state index is 0.00593. The number of halogens is 1. The minimum Gasteiger partial charge on any atom is -0.384 e. The number of nitrogens with zero attached hydrogens (tertiary/aromatic N) is 3. The molecule has 1 fully saturated rings. The Bertz CT molecular complexity index is 712. The first-order valence-corrected chi connectivity index (χ1v) is 8.66. The molecule has 1 aromatic heterocycles. The highest BCUT2D eigenvalue weighted by Gasteiger charge is 2.22. The third kappa shape index (κ3) is 4.26. The van der Waals surface area contributed by atoms with Crippen molar-refractivity contribution in [2.45, 2.75) is 13.3 Å². The van der Waals surface area contributed by atoms with E-state index in [-0.39, 0.29) is 11.7 Å². The molecule has 3 rings (SSSR count). The molecular formula is C19H23FN4O. The number of benzene rings is 1. The van der Waals surface area contributed by atoms with Gasteiger partial charge in [0.15, 0.2) is 0 Å². The van der Waals surface area contributed by atoms with Gasteiger partial charge in [-0.05, 0) is 36.8 Å². The van der Waals surface area contributed by atoms with Crippen molar-refractivity contribution in [3.8, 4) is 0 Å². The van der Waals surface area contributed by atoms with Gasteiger partial charge < -0.3 is 15.1 Å². The maximum absolute atomic E-state index is 13.0. The Morgan fingerprint density at radius 1 is 1.16 bits per heavy atom. The second-order valence-corrected chi connectivity index (χ2v) is 6.14. The highest BCUT2D eigenvalue weighted by molar-refractivity contribution is 5.95. The molecule has 0 bridgehead atoms. The first-order valence-electron chi connectivity index (χ1n) is 8.66. The van der Waals surface area contributed by atoms with E-state index in [2.05, 4.69) is 22.1 Å². The van der Waals surface area contributed by atoms with Crippen molar-refractivity contribution in [3.63, 3.8) is 0 Å². The summed E-state index contributed by atoms with van der Waals surface area (Å²) in [5.74, 6) is -0.229. The zero-order valence-corrected chi connectivity index (χ0v) is 14.4. The molecular weight excluding hydrogens is 319 g/mol. The van der Waals surface area contributed by atoms with E-state index in [0.717, 1.165) is 37.4 Å². The van der Waals surface area contributed by atoms with E-state index < -0.39 is 0 Å². The molecule has 1 saturated heterocycles. The SMILES string of the molecule is CCCNc1cncc(C(=O)N2CCN(c3ccc(F)cc3)CC2)c1. The van der Waals surface area contributed by atoms with Gasteiger partial charge in [-0.15, -0.1) is 0 Å². The summed E-state index contributed by atoms with van der Waals surface area (Å²) in [4.78, 5) is 20.9. The number of amides is 1. The topological polar surface area (TPSA) is 48.5 Å². The lowest BCUT2D eigenvalue weighted by atomic mass is 10.2. The van der Waals surface area contributed by atoms with Crippen LogP contribution in [-0.2, 0) is 0 Å². The van der Waals surface area contributed by atoms with Crippen LogP contribution in [0, 0.1) is 5.82 Å². The summed E-state index contributed by atoms with van der Waals surface area (Å²) in [6.07, 6.45) is 4.37. The maximum atomic E-state index is 13.0. The van der Waals surface area contributed by atoms with Gasteiger partial charge in [-0.1, -0.05) is 6.92 Å². The van der Waals surface area contributed by atoms with Gasteiger partial charge in [0.25, 0.3) is 5.91 Å².